The molecule has 1 atom stereocenters. The Balaban J connectivity index is 0.00000225. The van der Waals surface area contributed by atoms with Crippen molar-refractivity contribution in [3.8, 4) is 11.5 Å². The molecule has 1 aromatic rings. The second-order valence-corrected chi connectivity index (χ2v) is 3.08. The van der Waals surface area contributed by atoms with Gasteiger partial charge in [-0.2, -0.15) is 0 Å². The molecule has 1 rings (SSSR count). The maximum absolute atomic E-state index is 10.6. The first-order valence-corrected chi connectivity index (χ1v) is 4.45. The molecule has 0 aliphatic heterocycles. The highest BCUT2D eigenvalue weighted by Gasteiger charge is 2.17. The van der Waals surface area contributed by atoms with Crippen molar-refractivity contribution in [1.29, 1.82) is 0 Å². The van der Waals surface area contributed by atoms with Crippen LogP contribution in [-0.2, 0) is 0 Å². The van der Waals surface area contributed by atoms with Crippen molar-refractivity contribution in [2.75, 3.05) is 14.2 Å². The summed E-state index contributed by atoms with van der Waals surface area (Å²) >= 11 is 0. The fourth-order valence-corrected chi connectivity index (χ4v) is 1.23. The van der Waals surface area contributed by atoms with E-state index in [2.05, 4.69) is 0 Å². The monoisotopic (exact) mass is 229 g/mol. The summed E-state index contributed by atoms with van der Waals surface area (Å²) in [7, 11) is 3.02. The largest absolute Gasteiger partial charge is 0.493 e. The first kappa shape index (κ1) is 14.2. The predicted molar refractivity (Wildman–Crippen MR) is 58.6 cm³/mol. The van der Waals surface area contributed by atoms with Gasteiger partial charge < -0.3 is 14.9 Å². The van der Waals surface area contributed by atoms with Gasteiger partial charge in [-0.3, -0.25) is 10.1 Å². The highest BCUT2D eigenvalue weighted by molar-refractivity contribution is 5.43. The van der Waals surface area contributed by atoms with Crippen LogP contribution >= 0.6 is 0 Å². The molecule has 1 aromatic carbocycles. The quantitative estimate of drug-likeness (QED) is 0.573. The summed E-state index contributed by atoms with van der Waals surface area (Å²) in [5.41, 5.74) is 0.595. The number of hydrogen-bond acceptors (Lipinski definition) is 4. The van der Waals surface area contributed by atoms with E-state index in [4.69, 9.17) is 9.47 Å². The molecule has 0 heterocycles. The van der Waals surface area contributed by atoms with Crippen LogP contribution in [0.2, 0.25) is 0 Å². The highest BCUT2D eigenvalue weighted by atomic mass is 16.6. The molecule has 0 saturated heterocycles. The fraction of sp³-hybridized carbons (Fsp3) is 0.400. The number of ether oxygens (including phenoxy) is 2. The Hall–Kier alpha value is -1.82. The molecule has 0 aliphatic rings. The van der Waals surface area contributed by atoms with Gasteiger partial charge in [-0.15, -0.1) is 0 Å². The van der Waals surface area contributed by atoms with Gasteiger partial charge in [-0.25, -0.2) is 0 Å². The molecule has 0 saturated carbocycles. The molecule has 0 aromatic heterocycles. The highest BCUT2D eigenvalue weighted by Crippen LogP contribution is 2.30. The number of methoxy groups -OCH3 is 2. The van der Waals surface area contributed by atoms with Crippen LogP contribution < -0.4 is 9.47 Å². The third kappa shape index (κ3) is 2.83. The van der Waals surface area contributed by atoms with Gasteiger partial charge in [0.15, 0.2) is 11.5 Å². The molecule has 0 fully saturated rings. The first-order chi connectivity index (χ1) is 7.10. The molecule has 0 aliphatic carbocycles. The van der Waals surface area contributed by atoms with Crippen LogP contribution in [0.25, 0.3) is 0 Å². The lowest BCUT2D eigenvalue weighted by atomic mass is 10.1. The predicted octanol–water partition coefficient (Wildman–Crippen LogP) is 1.22. The van der Waals surface area contributed by atoms with Gasteiger partial charge >= 0.3 is 0 Å². The number of nitrogens with zero attached hydrogens (tertiary/aromatic N) is 1. The Morgan fingerprint density at radius 3 is 2.25 bits per heavy atom. The molecule has 0 spiro atoms. The van der Waals surface area contributed by atoms with Crippen LogP contribution in [0, 0.1) is 10.1 Å². The molecule has 6 nitrogen and oxygen atoms in total. The van der Waals surface area contributed by atoms with Crippen molar-refractivity contribution in [1.82, 2.24) is 0 Å². The van der Waals surface area contributed by atoms with Gasteiger partial charge in [0.05, 0.1) is 14.2 Å². The maximum atomic E-state index is 10.6. The van der Waals surface area contributed by atoms with Crippen molar-refractivity contribution >= 4 is 0 Å². The van der Waals surface area contributed by atoms with E-state index in [-0.39, 0.29) is 10.4 Å². The van der Waals surface area contributed by atoms with Gasteiger partial charge in [-0.1, -0.05) is 0 Å². The Kier molecular flexibility index (Phi) is 5.24. The Morgan fingerprint density at radius 2 is 1.81 bits per heavy atom. The number of rotatable bonds is 4. The molecule has 16 heavy (non-hydrogen) atoms. The summed E-state index contributed by atoms with van der Waals surface area (Å²) in [6.07, 6.45) is 0. The molecule has 6 heteroatoms. The van der Waals surface area contributed by atoms with E-state index in [1.165, 1.54) is 21.1 Å². The lowest BCUT2D eigenvalue weighted by Crippen LogP contribution is -2.06. The van der Waals surface area contributed by atoms with Crippen molar-refractivity contribution in [3.05, 3.63) is 33.9 Å². The molecule has 90 valence electrons. The van der Waals surface area contributed by atoms with Crippen molar-refractivity contribution in [2.24, 2.45) is 0 Å². The molecule has 0 radical (unpaired) electrons. The number of hydrogen-bond donors (Lipinski definition) is 0. The van der Waals surface area contributed by atoms with Crippen LogP contribution in [0.5, 0.6) is 11.5 Å². The summed E-state index contributed by atoms with van der Waals surface area (Å²) in [5, 5.41) is 10.6. The Bertz CT molecular complexity index is 366. The molecule has 0 bridgehead atoms. The topological polar surface area (TPSA) is 93.1 Å². The lowest BCUT2D eigenvalue weighted by molar-refractivity contribution is -0.524. The minimum atomic E-state index is -0.746. The second kappa shape index (κ2) is 5.92. The van der Waals surface area contributed by atoms with E-state index in [1.54, 1.807) is 18.2 Å². The summed E-state index contributed by atoms with van der Waals surface area (Å²) in [5.74, 6) is 1.07. The smallest absolute Gasteiger partial charge is 0.235 e. The summed E-state index contributed by atoms with van der Waals surface area (Å²) in [6, 6.07) is 4.19. The third-order valence-corrected chi connectivity index (χ3v) is 2.21. The fourth-order valence-electron chi connectivity index (χ4n) is 1.23. The van der Waals surface area contributed by atoms with Gasteiger partial charge in [0.2, 0.25) is 6.04 Å². The Morgan fingerprint density at radius 1 is 1.25 bits per heavy atom. The zero-order chi connectivity index (χ0) is 11.4. The minimum absolute atomic E-state index is 0. The zero-order valence-corrected chi connectivity index (χ0v) is 9.39. The standard InChI is InChI=1S/C10H13NO4.H2O/c1-7(11(12)13)8-4-5-9(14-2)10(6-8)15-3;/h4-7H,1-3H3;1H2. The summed E-state index contributed by atoms with van der Waals surface area (Å²) in [4.78, 5) is 10.2. The van der Waals surface area contributed by atoms with Crippen LogP contribution in [0.4, 0.5) is 0 Å². The van der Waals surface area contributed by atoms with Crippen LogP contribution in [0.15, 0.2) is 18.2 Å². The number of benzene rings is 1. The zero-order valence-electron chi connectivity index (χ0n) is 9.39. The van der Waals surface area contributed by atoms with Crippen molar-refractivity contribution in [2.45, 2.75) is 13.0 Å². The lowest BCUT2D eigenvalue weighted by Gasteiger charge is -2.10. The third-order valence-electron chi connectivity index (χ3n) is 2.21. The number of nitro groups is 1. The molecule has 1 unspecified atom stereocenters. The average molecular weight is 229 g/mol. The van der Waals surface area contributed by atoms with E-state index < -0.39 is 6.04 Å². The van der Waals surface area contributed by atoms with Crippen molar-refractivity contribution < 1.29 is 19.9 Å². The van der Waals surface area contributed by atoms with Gasteiger partial charge in [0, 0.05) is 17.4 Å². The van der Waals surface area contributed by atoms with Crippen molar-refractivity contribution in [3.63, 3.8) is 0 Å². The van der Waals surface area contributed by atoms with Crippen LogP contribution in [-0.4, -0.2) is 24.6 Å². The normalized spacial score (nSPS) is 11.2. The summed E-state index contributed by atoms with van der Waals surface area (Å²) in [6.45, 7) is 1.53. The van der Waals surface area contributed by atoms with E-state index in [9.17, 15) is 10.1 Å². The van der Waals surface area contributed by atoms with E-state index in [1.807, 2.05) is 0 Å². The molecule has 2 N–H and O–H groups in total. The Labute approximate surface area is 93.3 Å². The minimum Gasteiger partial charge on any atom is -0.493 e. The van der Waals surface area contributed by atoms with E-state index >= 15 is 0 Å². The van der Waals surface area contributed by atoms with Gasteiger partial charge in [0.25, 0.3) is 0 Å². The second-order valence-electron chi connectivity index (χ2n) is 3.08. The van der Waals surface area contributed by atoms with E-state index in [0.717, 1.165) is 0 Å². The molecule has 0 amide bonds. The molecular weight excluding hydrogens is 214 g/mol. The van der Waals surface area contributed by atoms with Gasteiger partial charge in [-0.05, 0) is 18.2 Å². The van der Waals surface area contributed by atoms with Crippen LogP contribution in [0.1, 0.15) is 18.5 Å². The van der Waals surface area contributed by atoms with E-state index in [0.29, 0.717) is 17.1 Å². The summed E-state index contributed by atoms with van der Waals surface area (Å²) < 4.78 is 10.1. The van der Waals surface area contributed by atoms with Crippen LogP contribution in [0.3, 0.4) is 0 Å². The SMILES string of the molecule is COc1ccc(C(C)[N+](=O)[O-])cc1OC.O. The first-order valence-electron chi connectivity index (χ1n) is 4.45. The average Bonchev–Trinajstić information content (AvgIpc) is 2.26. The molecular formula is C10H15NO5. The van der Waals surface area contributed by atoms with Gasteiger partial charge in [0.1, 0.15) is 0 Å². The maximum Gasteiger partial charge on any atom is 0.235 e.